The van der Waals surface area contributed by atoms with Gasteiger partial charge >= 0.3 is 5.97 Å². The molecule has 0 aliphatic heterocycles. The van der Waals surface area contributed by atoms with Gasteiger partial charge in [-0.25, -0.2) is 4.79 Å². The molecule has 1 aliphatic carbocycles. The topological polar surface area (TPSA) is 37.3 Å². The fourth-order valence-electron chi connectivity index (χ4n) is 1.85. The lowest BCUT2D eigenvalue weighted by Crippen LogP contribution is -1.88. The zero-order valence-electron chi connectivity index (χ0n) is 8.61. The summed E-state index contributed by atoms with van der Waals surface area (Å²) >= 11 is 3.50. The number of carboxylic acid groups (broad SMARTS) is 1. The van der Waals surface area contributed by atoms with Crippen LogP contribution in [0.3, 0.4) is 0 Å². The number of carboxylic acids is 1. The van der Waals surface area contributed by atoms with Crippen molar-refractivity contribution in [2.45, 2.75) is 12.8 Å². The Morgan fingerprint density at radius 3 is 2.75 bits per heavy atom. The highest BCUT2D eigenvalue weighted by molar-refractivity contribution is 9.10. The zero-order valence-corrected chi connectivity index (χ0v) is 10.2. The van der Waals surface area contributed by atoms with Gasteiger partial charge < -0.3 is 5.11 Å². The van der Waals surface area contributed by atoms with Gasteiger partial charge in [0, 0.05) is 10.5 Å². The Morgan fingerprint density at radius 2 is 2.06 bits per heavy atom. The minimum atomic E-state index is -0.875. The van der Waals surface area contributed by atoms with E-state index in [9.17, 15) is 4.79 Å². The van der Waals surface area contributed by atoms with Crippen LogP contribution in [0.5, 0.6) is 0 Å². The quantitative estimate of drug-likeness (QED) is 0.839. The molecule has 0 saturated heterocycles. The maximum Gasteiger partial charge on any atom is 0.328 e. The van der Waals surface area contributed by atoms with Crippen LogP contribution in [-0.2, 0) is 4.79 Å². The summed E-state index contributed by atoms with van der Waals surface area (Å²) in [6.45, 7) is 0. The third kappa shape index (κ3) is 2.42. The first kappa shape index (κ1) is 11.1. The van der Waals surface area contributed by atoms with Gasteiger partial charge in [0.2, 0.25) is 0 Å². The van der Waals surface area contributed by atoms with Gasteiger partial charge in [0.25, 0.3) is 0 Å². The maximum atomic E-state index is 10.6. The molecular formula is C13H11BrO2. The van der Waals surface area contributed by atoms with Gasteiger partial charge in [-0.15, -0.1) is 0 Å². The highest BCUT2D eigenvalue weighted by Gasteiger charge is 2.13. The molecule has 1 N–H and O–H groups in total. The molecule has 0 atom stereocenters. The Hall–Kier alpha value is -1.35. The summed E-state index contributed by atoms with van der Waals surface area (Å²) in [6.07, 6.45) is 4.96. The summed E-state index contributed by atoms with van der Waals surface area (Å²) in [5.41, 5.74) is 3.23. The molecule has 82 valence electrons. The van der Waals surface area contributed by atoms with Crippen molar-refractivity contribution in [1.82, 2.24) is 0 Å². The molecule has 2 nitrogen and oxygen atoms in total. The molecule has 0 unspecified atom stereocenters. The van der Waals surface area contributed by atoms with Crippen molar-refractivity contribution in [3.05, 3.63) is 52.0 Å². The van der Waals surface area contributed by atoms with Crippen molar-refractivity contribution in [2.75, 3.05) is 0 Å². The molecular weight excluding hydrogens is 268 g/mol. The van der Waals surface area contributed by atoms with Gasteiger partial charge in [-0.3, -0.25) is 0 Å². The van der Waals surface area contributed by atoms with E-state index in [1.165, 1.54) is 11.6 Å². The Labute approximate surface area is 102 Å². The number of halogens is 1. The summed E-state index contributed by atoms with van der Waals surface area (Å²) in [6, 6.07) is 7.99. The molecule has 0 amide bonds. The van der Waals surface area contributed by atoms with Gasteiger partial charge in [-0.05, 0) is 35.6 Å². The van der Waals surface area contributed by atoms with Crippen LogP contribution in [0.15, 0.2) is 46.5 Å². The monoisotopic (exact) mass is 278 g/mol. The molecule has 0 aromatic heterocycles. The van der Waals surface area contributed by atoms with Crippen LogP contribution in [0.2, 0.25) is 0 Å². The third-order valence-corrected chi connectivity index (χ3v) is 3.26. The highest BCUT2D eigenvalue weighted by Crippen LogP contribution is 2.34. The fourth-order valence-corrected chi connectivity index (χ4v) is 2.39. The lowest BCUT2D eigenvalue weighted by Gasteiger charge is -2.03. The predicted molar refractivity (Wildman–Crippen MR) is 67.1 cm³/mol. The molecule has 2 rings (SSSR count). The Bertz CT molecular complexity index is 486. The van der Waals surface area contributed by atoms with Crippen LogP contribution in [-0.4, -0.2) is 11.1 Å². The average molecular weight is 279 g/mol. The van der Waals surface area contributed by atoms with Gasteiger partial charge in [-0.1, -0.05) is 40.2 Å². The molecule has 0 heterocycles. The van der Waals surface area contributed by atoms with E-state index in [0.717, 1.165) is 28.5 Å². The van der Waals surface area contributed by atoms with E-state index in [1.54, 1.807) is 0 Å². The van der Waals surface area contributed by atoms with Gasteiger partial charge in [0.1, 0.15) is 0 Å². The number of rotatable bonds is 2. The highest BCUT2D eigenvalue weighted by atomic mass is 79.9. The van der Waals surface area contributed by atoms with Crippen molar-refractivity contribution < 1.29 is 9.90 Å². The lowest BCUT2D eigenvalue weighted by atomic mass is 10.1. The lowest BCUT2D eigenvalue weighted by molar-refractivity contribution is -0.131. The Balaban J connectivity index is 2.32. The second-order valence-electron chi connectivity index (χ2n) is 3.71. The van der Waals surface area contributed by atoms with Crippen LogP contribution < -0.4 is 0 Å². The van der Waals surface area contributed by atoms with Gasteiger partial charge in [0.05, 0.1) is 0 Å². The largest absolute Gasteiger partial charge is 0.478 e. The number of benzene rings is 1. The Kier molecular flexibility index (Phi) is 3.25. The SMILES string of the molecule is O=C(O)/C=C1/C=C(c2ccccc2Br)CC1. The molecule has 0 fully saturated rings. The molecule has 16 heavy (non-hydrogen) atoms. The maximum absolute atomic E-state index is 10.6. The normalized spacial score (nSPS) is 17.6. The van der Waals surface area contributed by atoms with Gasteiger partial charge in [-0.2, -0.15) is 0 Å². The van der Waals surface area contributed by atoms with Crippen LogP contribution in [0.25, 0.3) is 5.57 Å². The van der Waals surface area contributed by atoms with E-state index >= 15 is 0 Å². The first-order chi connectivity index (χ1) is 7.66. The molecule has 1 aromatic rings. The minimum Gasteiger partial charge on any atom is -0.478 e. The number of carbonyl (C=O) groups is 1. The summed E-state index contributed by atoms with van der Waals surface area (Å²) < 4.78 is 1.05. The van der Waals surface area contributed by atoms with Crippen molar-refractivity contribution in [3.8, 4) is 0 Å². The van der Waals surface area contributed by atoms with Crippen LogP contribution in [0.4, 0.5) is 0 Å². The molecule has 0 radical (unpaired) electrons. The van der Waals surface area contributed by atoms with E-state index in [4.69, 9.17) is 5.11 Å². The van der Waals surface area contributed by atoms with Crippen molar-refractivity contribution in [3.63, 3.8) is 0 Å². The van der Waals surface area contributed by atoms with Crippen molar-refractivity contribution in [1.29, 1.82) is 0 Å². The Morgan fingerprint density at radius 1 is 1.31 bits per heavy atom. The standard InChI is InChI=1S/C13H11BrO2/c14-12-4-2-1-3-11(12)10-6-5-9(7-10)8-13(15)16/h1-4,7-8H,5-6H2,(H,15,16)/b9-8+. The van der Waals surface area contributed by atoms with Crippen LogP contribution in [0, 0.1) is 0 Å². The first-order valence-corrected chi connectivity index (χ1v) is 5.85. The smallest absolute Gasteiger partial charge is 0.328 e. The molecule has 0 spiro atoms. The fraction of sp³-hybridized carbons (Fsp3) is 0.154. The van der Waals surface area contributed by atoms with Crippen molar-refractivity contribution in [2.24, 2.45) is 0 Å². The minimum absolute atomic E-state index is 0.808. The molecule has 0 bridgehead atoms. The van der Waals surface area contributed by atoms with Gasteiger partial charge in [0.15, 0.2) is 0 Å². The molecule has 1 aromatic carbocycles. The van der Waals surface area contributed by atoms with E-state index in [0.29, 0.717) is 0 Å². The third-order valence-electron chi connectivity index (χ3n) is 2.57. The molecule has 1 aliphatic rings. The summed E-state index contributed by atoms with van der Waals surface area (Å²) in [4.78, 5) is 10.6. The van der Waals surface area contributed by atoms with E-state index in [-0.39, 0.29) is 0 Å². The number of allylic oxidation sites excluding steroid dienone is 3. The first-order valence-electron chi connectivity index (χ1n) is 5.06. The summed E-state index contributed by atoms with van der Waals surface area (Å²) in [5.74, 6) is -0.875. The van der Waals surface area contributed by atoms with E-state index in [1.807, 2.05) is 30.3 Å². The molecule has 3 heteroatoms. The van der Waals surface area contributed by atoms with E-state index < -0.39 is 5.97 Å². The predicted octanol–water partition coefficient (Wildman–Crippen LogP) is 3.64. The second kappa shape index (κ2) is 4.66. The summed E-state index contributed by atoms with van der Waals surface area (Å²) in [7, 11) is 0. The number of aliphatic carboxylic acids is 1. The average Bonchev–Trinajstić information content (AvgIpc) is 2.66. The second-order valence-corrected chi connectivity index (χ2v) is 4.56. The summed E-state index contributed by atoms with van der Waals surface area (Å²) in [5, 5.41) is 8.67. The number of hydrogen-bond acceptors (Lipinski definition) is 1. The number of hydrogen-bond donors (Lipinski definition) is 1. The molecule has 0 saturated carbocycles. The van der Waals surface area contributed by atoms with E-state index in [2.05, 4.69) is 15.9 Å². The van der Waals surface area contributed by atoms with Crippen LogP contribution in [0.1, 0.15) is 18.4 Å². The van der Waals surface area contributed by atoms with Crippen molar-refractivity contribution >= 4 is 27.5 Å². The van der Waals surface area contributed by atoms with Crippen LogP contribution >= 0.6 is 15.9 Å². The zero-order chi connectivity index (χ0) is 11.5.